The first kappa shape index (κ1) is 16.2. The number of aromatic nitrogens is 2. The molecule has 1 aliphatic rings. The van der Waals surface area contributed by atoms with Crippen molar-refractivity contribution in [2.75, 3.05) is 44.7 Å². The third kappa shape index (κ3) is 3.45. The maximum absolute atomic E-state index is 9.28. The molecule has 2 heterocycles. The molecular formula is C17H21N7. The summed E-state index contributed by atoms with van der Waals surface area (Å²) in [6.07, 6.45) is 0. The summed E-state index contributed by atoms with van der Waals surface area (Å²) in [6.45, 7) is 5.28. The Kier molecular flexibility index (Phi) is 4.60. The van der Waals surface area contributed by atoms with Crippen molar-refractivity contribution < 1.29 is 0 Å². The molecule has 7 nitrogen and oxygen atoms in total. The monoisotopic (exact) mass is 323 g/mol. The van der Waals surface area contributed by atoms with Gasteiger partial charge in [0, 0.05) is 38.3 Å². The smallest absolute Gasteiger partial charge is 0.222 e. The van der Waals surface area contributed by atoms with E-state index in [2.05, 4.69) is 45.0 Å². The van der Waals surface area contributed by atoms with E-state index in [-0.39, 0.29) is 17.3 Å². The van der Waals surface area contributed by atoms with Crippen LogP contribution >= 0.6 is 0 Å². The Morgan fingerprint density at radius 3 is 2.38 bits per heavy atom. The van der Waals surface area contributed by atoms with Crippen LogP contribution in [0.2, 0.25) is 0 Å². The van der Waals surface area contributed by atoms with E-state index >= 15 is 0 Å². The molecular weight excluding hydrogens is 302 g/mol. The van der Waals surface area contributed by atoms with Gasteiger partial charge < -0.3 is 16.4 Å². The van der Waals surface area contributed by atoms with Gasteiger partial charge in [-0.1, -0.05) is 24.3 Å². The maximum Gasteiger partial charge on any atom is 0.222 e. The SMILES string of the molecule is CN1CCN(Cc2ccc(-c3nc(N)nc(N)c3C#N)cc2)CC1. The number of nitrogen functional groups attached to an aromatic ring is 2. The van der Waals surface area contributed by atoms with Crippen LogP contribution in [0, 0.1) is 11.3 Å². The molecule has 24 heavy (non-hydrogen) atoms. The van der Waals surface area contributed by atoms with Gasteiger partial charge in [-0.25, -0.2) is 4.98 Å². The first-order chi connectivity index (χ1) is 11.6. The van der Waals surface area contributed by atoms with Gasteiger partial charge in [-0.15, -0.1) is 0 Å². The third-order valence-electron chi connectivity index (χ3n) is 4.30. The highest BCUT2D eigenvalue weighted by Gasteiger charge is 2.15. The summed E-state index contributed by atoms with van der Waals surface area (Å²) in [6, 6.07) is 10.1. The number of benzene rings is 1. The lowest BCUT2D eigenvalue weighted by Crippen LogP contribution is -2.43. The van der Waals surface area contributed by atoms with E-state index in [1.165, 1.54) is 5.56 Å². The van der Waals surface area contributed by atoms with Gasteiger partial charge in [-0.2, -0.15) is 10.2 Å². The van der Waals surface area contributed by atoms with Crippen molar-refractivity contribution in [3.05, 3.63) is 35.4 Å². The van der Waals surface area contributed by atoms with E-state index in [0.717, 1.165) is 38.3 Å². The highest BCUT2D eigenvalue weighted by Crippen LogP contribution is 2.25. The first-order valence-corrected chi connectivity index (χ1v) is 7.90. The Morgan fingerprint density at radius 2 is 1.75 bits per heavy atom. The third-order valence-corrected chi connectivity index (χ3v) is 4.30. The Balaban J connectivity index is 1.79. The van der Waals surface area contributed by atoms with Crippen LogP contribution in [0.4, 0.5) is 11.8 Å². The van der Waals surface area contributed by atoms with Crippen molar-refractivity contribution in [1.82, 2.24) is 19.8 Å². The molecule has 3 rings (SSSR count). The van der Waals surface area contributed by atoms with Crippen molar-refractivity contribution in [3.63, 3.8) is 0 Å². The van der Waals surface area contributed by atoms with Gasteiger partial charge >= 0.3 is 0 Å². The molecule has 1 fully saturated rings. The van der Waals surface area contributed by atoms with Crippen LogP contribution in [0.15, 0.2) is 24.3 Å². The number of nitrogens with two attached hydrogens (primary N) is 2. The second-order valence-corrected chi connectivity index (χ2v) is 6.08. The van der Waals surface area contributed by atoms with E-state index in [9.17, 15) is 5.26 Å². The zero-order valence-electron chi connectivity index (χ0n) is 13.7. The predicted molar refractivity (Wildman–Crippen MR) is 93.8 cm³/mol. The van der Waals surface area contributed by atoms with E-state index in [0.29, 0.717) is 5.69 Å². The van der Waals surface area contributed by atoms with Crippen LogP contribution < -0.4 is 11.5 Å². The van der Waals surface area contributed by atoms with Crippen molar-refractivity contribution in [2.45, 2.75) is 6.54 Å². The number of hydrogen-bond donors (Lipinski definition) is 2. The van der Waals surface area contributed by atoms with E-state index in [1.807, 2.05) is 12.1 Å². The molecule has 0 bridgehead atoms. The Morgan fingerprint density at radius 1 is 1.08 bits per heavy atom. The van der Waals surface area contributed by atoms with Crippen molar-refractivity contribution >= 4 is 11.8 Å². The molecule has 1 aromatic heterocycles. The van der Waals surface area contributed by atoms with E-state index in [1.54, 1.807) is 0 Å². The Bertz CT molecular complexity index is 756. The molecule has 0 aliphatic carbocycles. The molecule has 1 saturated heterocycles. The topological polar surface area (TPSA) is 108 Å². The average Bonchev–Trinajstić information content (AvgIpc) is 2.57. The Labute approximate surface area is 141 Å². The van der Waals surface area contributed by atoms with Crippen LogP contribution in [0.25, 0.3) is 11.3 Å². The molecule has 1 aliphatic heterocycles. The molecule has 0 amide bonds. The summed E-state index contributed by atoms with van der Waals surface area (Å²) in [4.78, 5) is 12.8. The van der Waals surface area contributed by atoms with Gasteiger partial charge in [0.25, 0.3) is 0 Å². The minimum absolute atomic E-state index is 0.0722. The fraction of sp³-hybridized carbons (Fsp3) is 0.353. The van der Waals surface area contributed by atoms with Gasteiger partial charge in [0.05, 0.1) is 5.69 Å². The Hall–Kier alpha value is -2.69. The van der Waals surface area contributed by atoms with Gasteiger partial charge in [0.15, 0.2) is 0 Å². The lowest BCUT2D eigenvalue weighted by molar-refractivity contribution is 0.148. The molecule has 7 heteroatoms. The number of likely N-dealkylation sites (N-methyl/N-ethyl adjacent to an activating group) is 1. The predicted octanol–water partition coefficient (Wildman–Crippen LogP) is 0.927. The minimum atomic E-state index is 0.0722. The normalized spacial score (nSPS) is 16.0. The molecule has 0 saturated carbocycles. The van der Waals surface area contributed by atoms with Crippen LogP contribution in [-0.4, -0.2) is 53.0 Å². The minimum Gasteiger partial charge on any atom is -0.382 e. The fourth-order valence-electron chi connectivity index (χ4n) is 2.85. The zero-order valence-corrected chi connectivity index (χ0v) is 13.7. The summed E-state index contributed by atoms with van der Waals surface area (Å²) < 4.78 is 0. The van der Waals surface area contributed by atoms with Crippen LogP contribution in [0.3, 0.4) is 0 Å². The summed E-state index contributed by atoms with van der Waals surface area (Å²) in [5.74, 6) is 0.185. The number of nitriles is 1. The fourth-order valence-corrected chi connectivity index (χ4v) is 2.85. The number of nitrogens with zero attached hydrogens (tertiary/aromatic N) is 5. The molecule has 0 spiro atoms. The highest BCUT2D eigenvalue weighted by atomic mass is 15.2. The number of piperazine rings is 1. The quantitative estimate of drug-likeness (QED) is 0.865. The van der Waals surface area contributed by atoms with Crippen LogP contribution in [-0.2, 0) is 6.54 Å². The lowest BCUT2D eigenvalue weighted by atomic mass is 10.0. The first-order valence-electron chi connectivity index (χ1n) is 7.90. The van der Waals surface area contributed by atoms with Crippen molar-refractivity contribution in [1.29, 1.82) is 5.26 Å². The van der Waals surface area contributed by atoms with E-state index < -0.39 is 0 Å². The van der Waals surface area contributed by atoms with Crippen molar-refractivity contribution in [3.8, 4) is 17.3 Å². The number of hydrogen-bond acceptors (Lipinski definition) is 7. The summed E-state index contributed by atoms with van der Waals surface area (Å²) in [5.41, 5.74) is 14.2. The van der Waals surface area contributed by atoms with Gasteiger partial charge in [0.2, 0.25) is 5.95 Å². The maximum atomic E-state index is 9.28. The van der Waals surface area contributed by atoms with E-state index in [4.69, 9.17) is 11.5 Å². The molecule has 124 valence electrons. The molecule has 0 radical (unpaired) electrons. The van der Waals surface area contributed by atoms with Gasteiger partial charge in [-0.3, -0.25) is 4.90 Å². The second kappa shape index (κ2) is 6.83. The zero-order chi connectivity index (χ0) is 17.1. The molecule has 4 N–H and O–H groups in total. The van der Waals surface area contributed by atoms with Gasteiger partial charge in [-0.05, 0) is 12.6 Å². The molecule has 0 unspecified atom stereocenters. The standard InChI is InChI=1S/C17H21N7/c1-23-6-8-24(9-7-23)11-12-2-4-13(5-3-12)15-14(10-18)16(19)22-17(20)21-15/h2-5H,6-9,11H2,1H3,(H4,19,20,21,22). The number of anilines is 2. The lowest BCUT2D eigenvalue weighted by Gasteiger charge is -2.32. The number of rotatable bonds is 3. The van der Waals surface area contributed by atoms with Crippen LogP contribution in [0.1, 0.15) is 11.1 Å². The molecule has 2 aromatic rings. The van der Waals surface area contributed by atoms with Crippen LogP contribution in [0.5, 0.6) is 0 Å². The second-order valence-electron chi connectivity index (χ2n) is 6.08. The van der Waals surface area contributed by atoms with Gasteiger partial charge in [0.1, 0.15) is 17.5 Å². The summed E-state index contributed by atoms with van der Waals surface area (Å²) >= 11 is 0. The highest BCUT2D eigenvalue weighted by molar-refractivity contribution is 5.73. The largest absolute Gasteiger partial charge is 0.382 e. The summed E-state index contributed by atoms with van der Waals surface area (Å²) in [5, 5.41) is 9.28. The summed E-state index contributed by atoms with van der Waals surface area (Å²) in [7, 11) is 2.15. The molecule has 0 atom stereocenters. The average molecular weight is 323 g/mol. The van der Waals surface area contributed by atoms with Crippen molar-refractivity contribution in [2.24, 2.45) is 0 Å². The molecule has 1 aromatic carbocycles.